The number of amides is 3. The summed E-state index contributed by atoms with van der Waals surface area (Å²) in [5.74, 6) is -1.29. The van der Waals surface area contributed by atoms with E-state index in [0.29, 0.717) is 35.6 Å². The first-order valence-corrected chi connectivity index (χ1v) is 11.4. The number of anilines is 2. The van der Waals surface area contributed by atoms with Gasteiger partial charge >= 0.3 is 0 Å². The quantitative estimate of drug-likeness (QED) is 0.569. The van der Waals surface area contributed by atoms with Crippen molar-refractivity contribution in [1.29, 1.82) is 0 Å². The van der Waals surface area contributed by atoms with Crippen molar-refractivity contribution in [3.05, 3.63) is 95.3 Å². The molecule has 0 saturated heterocycles. The first-order valence-electron chi connectivity index (χ1n) is 11.4. The molecule has 1 unspecified atom stereocenters. The topological polar surface area (TPSA) is 81.8 Å². The molecule has 3 aromatic carbocycles. The molecule has 35 heavy (non-hydrogen) atoms. The van der Waals surface area contributed by atoms with Crippen LogP contribution in [-0.4, -0.2) is 49.8 Å². The maximum atomic E-state index is 13.7. The third-order valence-electron chi connectivity index (χ3n) is 6.01. The molecule has 0 aliphatic carbocycles. The molecule has 1 aliphatic rings. The minimum absolute atomic E-state index is 0.0248. The summed E-state index contributed by atoms with van der Waals surface area (Å²) in [5.41, 5.74) is 2.32. The summed E-state index contributed by atoms with van der Waals surface area (Å²) in [7, 11) is 3.52. The first kappa shape index (κ1) is 24.1. The predicted molar refractivity (Wildman–Crippen MR) is 133 cm³/mol. The van der Waals surface area contributed by atoms with Gasteiger partial charge in [-0.25, -0.2) is 4.39 Å². The number of halogens is 1. The molecule has 0 spiro atoms. The van der Waals surface area contributed by atoms with Gasteiger partial charge < -0.3 is 15.5 Å². The molecule has 0 bridgehead atoms. The number of rotatable bonds is 6. The fraction of sp³-hybridized carbons (Fsp3) is 0.222. The summed E-state index contributed by atoms with van der Waals surface area (Å²) < 4.78 is 13.5. The fourth-order valence-corrected chi connectivity index (χ4v) is 4.14. The van der Waals surface area contributed by atoms with Crippen LogP contribution in [0.5, 0.6) is 0 Å². The van der Waals surface area contributed by atoms with Gasteiger partial charge in [0.25, 0.3) is 11.8 Å². The molecular weight excluding hydrogens is 447 g/mol. The molecule has 8 heteroatoms. The zero-order valence-electron chi connectivity index (χ0n) is 19.6. The minimum atomic E-state index is -0.588. The van der Waals surface area contributed by atoms with Crippen LogP contribution in [0.1, 0.15) is 38.7 Å². The van der Waals surface area contributed by atoms with Crippen LogP contribution in [0.4, 0.5) is 15.8 Å². The van der Waals surface area contributed by atoms with E-state index >= 15 is 0 Å². The molecule has 1 aliphatic heterocycles. The molecule has 1 atom stereocenters. The Balaban J connectivity index is 1.80. The smallest absolute Gasteiger partial charge is 0.258 e. The van der Waals surface area contributed by atoms with Gasteiger partial charge in [-0.3, -0.25) is 19.3 Å². The molecule has 0 fully saturated rings. The van der Waals surface area contributed by atoms with E-state index in [1.165, 1.54) is 24.3 Å². The highest BCUT2D eigenvalue weighted by Crippen LogP contribution is 2.39. The molecule has 180 valence electrons. The Labute approximate surface area is 203 Å². The van der Waals surface area contributed by atoms with Crippen molar-refractivity contribution in [2.75, 3.05) is 37.4 Å². The van der Waals surface area contributed by atoms with E-state index in [1.54, 1.807) is 35.0 Å². The molecule has 2 N–H and O–H groups in total. The van der Waals surface area contributed by atoms with Crippen molar-refractivity contribution in [2.45, 2.75) is 12.5 Å². The Morgan fingerprint density at radius 3 is 2.43 bits per heavy atom. The highest BCUT2D eigenvalue weighted by molar-refractivity contribution is 6.12. The number of benzene rings is 3. The number of fused-ring (bicyclic) bond motifs is 1. The third-order valence-corrected chi connectivity index (χ3v) is 6.01. The lowest BCUT2D eigenvalue weighted by Crippen LogP contribution is -2.35. The molecule has 4 rings (SSSR count). The first-order chi connectivity index (χ1) is 16.9. The van der Waals surface area contributed by atoms with Gasteiger partial charge in [-0.1, -0.05) is 30.3 Å². The van der Waals surface area contributed by atoms with Crippen molar-refractivity contribution in [3.63, 3.8) is 0 Å². The van der Waals surface area contributed by atoms with Crippen molar-refractivity contribution in [2.24, 2.45) is 0 Å². The zero-order chi connectivity index (χ0) is 24.9. The normalized spacial score (nSPS) is 15.1. The van der Waals surface area contributed by atoms with Crippen molar-refractivity contribution in [1.82, 2.24) is 10.2 Å². The van der Waals surface area contributed by atoms with Crippen molar-refractivity contribution >= 4 is 29.1 Å². The molecule has 0 radical (unpaired) electrons. The van der Waals surface area contributed by atoms with Crippen LogP contribution in [0.3, 0.4) is 0 Å². The second-order valence-electron chi connectivity index (χ2n) is 8.42. The lowest BCUT2D eigenvalue weighted by Gasteiger charge is -2.31. The monoisotopic (exact) mass is 474 g/mol. The average Bonchev–Trinajstić information content (AvgIpc) is 3.02. The summed E-state index contributed by atoms with van der Waals surface area (Å²) in [5, 5.41) is 5.88. The number of likely N-dealkylation sites (N-methyl/N-ethyl adjacent to an activating group) is 2. The molecule has 3 amide bonds. The summed E-state index contributed by atoms with van der Waals surface area (Å²) >= 11 is 0. The minimum Gasteiger partial charge on any atom is -0.340 e. The van der Waals surface area contributed by atoms with E-state index in [9.17, 15) is 18.8 Å². The molecule has 0 saturated carbocycles. The third kappa shape index (κ3) is 5.22. The highest BCUT2D eigenvalue weighted by atomic mass is 19.1. The highest BCUT2D eigenvalue weighted by Gasteiger charge is 2.34. The Morgan fingerprint density at radius 1 is 1.06 bits per heavy atom. The molecular formula is C27H27FN4O3. The summed E-state index contributed by atoms with van der Waals surface area (Å²) in [6.45, 7) is 1.16. The average molecular weight is 475 g/mol. The number of nitrogens with zero attached hydrogens (tertiary/aromatic N) is 2. The van der Waals surface area contributed by atoms with E-state index in [0.717, 1.165) is 5.56 Å². The molecule has 0 aromatic heterocycles. The molecule has 7 nitrogen and oxygen atoms in total. The number of hydrogen-bond acceptors (Lipinski definition) is 4. The van der Waals surface area contributed by atoms with Gasteiger partial charge in [-0.15, -0.1) is 0 Å². The van der Waals surface area contributed by atoms with Gasteiger partial charge in [0.1, 0.15) is 5.82 Å². The van der Waals surface area contributed by atoms with Gasteiger partial charge in [0, 0.05) is 31.3 Å². The van der Waals surface area contributed by atoms with Crippen molar-refractivity contribution in [3.8, 4) is 0 Å². The summed E-state index contributed by atoms with van der Waals surface area (Å²) in [4.78, 5) is 42.7. The summed E-state index contributed by atoms with van der Waals surface area (Å²) in [6, 6.07) is 18.9. The van der Waals surface area contributed by atoms with Crippen LogP contribution in [0.15, 0.2) is 72.8 Å². The van der Waals surface area contributed by atoms with E-state index in [4.69, 9.17) is 0 Å². The maximum absolute atomic E-state index is 13.7. The van der Waals surface area contributed by atoms with Crippen LogP contribution in [-0.2, 0) is 4.79 Å². The predicted octanol–water partition coefficient (Wildman–Crippen LogP) is 3.85. The Hall–Kier alpha value is -4.04. The van der Waals surface area contributed by atoms with Crippen LogP contribution in [0, 0.1) is 5.82 Å². The van der Waals surface area contributed by atoms with Crippen LogP contribution < -0.4 is 15.5 Å². The van der Waals surface area contributed by atoms with Crippen molar-refractivity contribution < 1.29 is 18.8 Å². The van der Waals surface area contributed by atoms with Gasteiger partial charge in [0.15, 0.2) is 0 Å². The summed E-state index contributed by atoms with van der Waals surface area (Å²) in [6.07, 6.45) is 0.0248. The second-order valence-corrected chi connectivity index (χ2v) is 8.42. The number of hydrogen-bond donors (Lipinski definition) is 2. The van der Waals surface area contributed by atoms with Gasteiger partial charge in [0.2, 0.25) is 5.91 Å². The fourth-order valence-electron chi connectivity index (χ4n) is 4.14. The Morgan fingerprint density at radius 2 is 1.74 bits per heavy atom. The van der Waals surface area contributed by atoms with Crippen LogP contribution in [0.25, 0.3) is 0 Å². The van der Waals surface area contributed by atoms with E-state index in [-0.39, 0.29) is 24.1 Å². The van der Waals surface area contributed by atoms with Gasteiger partial charge in [-0.05, 0) is 55.1 Å². The van der Waals surface area contributed by atoms with Crippen LogP contribution in [0.2, 0.25) is 0 Å². The Kier molecular flexibility index (Phi) is 7.22. The van der Waals surface area contributed by atoms with Gasteiger partial charge in [0.05, 0.1) is 23.8 Å². The second kappa shape index (κ2) is 10.5. The lowest BCUT2D eigenvalue weighted by molar-refractivity contribution is -0.116. The molecule has 3 aromatic rings. The van der Waals surface area contributed by atoms with E-state index < -0.39 is 11.9 Å². The lowest BCUT2D eigenvalue weighted by atomic mass is 10.00. The largest absolute Gasteiger partial charge is 0.340 e. The van der Waals surface area contributed by atoms with E-state index in [2.05, 4.69) is 10.6 Å². The number of nitrogens with one attached hydrogen (secondary N) is 2. The Bertz CT molecular complexity index is 1230. The van der Waals surface area contributed by atoms with Crippen LogP contribution >= 0.6 is 0 Å². The maximum Gasteiger partial charge on any atom is 0.258 e. The SMILES string of the molecule is CNCCN(C)C(=O)c1ccc2c(c1)NC(=O)CC(c1ccccc1)N2C(=O)c1ccc(F)cc1. The zero-order valence-corrected chi connectivity index (χ0v) is 19.6. The standard InChI is InChI=1S/C27H27FN4O3/c1-29-14-15-31(2)26(34)20-10-13-23-22(16-20)30-25(33)17-24(18-6-4-3-5-7-18)32(23)27(35)19-8-11-21(28)12-9-19/h3-13,16,24,29H,14-15,17H2,1-2H3,(H,30,33). The number of carbonyl (C=O) groups is 3. The van der Waals surface area contributed by atoms with E-state index in [1.807, 2.05) is 37.4 Å². The molecule has 1 heterocycles. The van der Waals surface area contributed by atoms with Gasteiger partial charge in [-0.2, -0.15) is 0 Å². The number of carbonyl (C=O) groups excluding carboxylic acids is 3.